The molecule has 0 N–H and O–H groups in total. The van der Waals surface area contributed by atoms with Crippen LogP contribution in [0.1, 0.15) is 12.5 Å². The van der Waals surface area contributed by atoms with Crippen LogP contribution in [-0.4, -0.2) is 5.78 Å². The highest BCUT2D eigenvalue weighted by molar-refractivity contribution is 6.39. The number of halogens is 4. The number of hydrogen-bond donors (Lipinski definition) is 0. The zero-order valence-corrected chi connectivity index (χ0v) is 9.47. The van der Waals surface area contributed by atoms with Gasteiger partial charge >= 0.3 is 0 Å². The van der Waals surface area contributed by atoms with E-state index < -0.39 is 5.82 Å². The third-order valence-electron chi connectivity index (χ3n) is 1.63. The van der Waals surface area contributed by atoms with Crippen molar-refractivity contribution in [2.45, 2.75) is 13.3 Å². The highest BCUT2D eigenvalue weighted by Crippen LogP contribution is 2.32. The van der Waals surface area contributed by atoms with Crippen LogP contribution >= 0.6 is 34.8 Å². The van der Waals surface area contributed by atoms with Gasteiger partial charge in [-0.15, -0.1) is 0 Å². The quantitative estimate of drug-likeness (QED) is 0.578. The largest absolute Gasteiger partial charge is 0.300 e. The summed E-state index contributed by atoms with van der Waals surface area (Å²) in [6.07, 6.45) is 0.00571. The second-order valence-electron chi connectivity index (χ2n) is 2.83. The number of Topliss-reactive ketones (excluding diaryl/α,β-unsaturated/α-hetero) is 1. The lowest BCUT2D eigenvalue weighted by Gasteiger charge is -2.07. The first-order valence-corrected chi connectivity index (χ1v) is 4.88. The molecule has 5 heteroatoms. The van der Waals surface area contributed by atoms with Crippen LogP contribution in [0, 0.1) is 5.82 Å². The van der Waals surface area contributed by atoms with Gasteiger partial charge in [0.05, 0.1) is 10.0 Å². The minimum absolute atomic E-state index is 0.00571. The molecule has 1 aromatic carbocycles. The van der Waals surface area contributed by atoms with Crippen molar-refractivity contribution in [3.63, 3.8) is 0 Å². The van der Waals surface area contributed by atoms with Gasteiger partial charge in [0.2, 0.25) is 0 Å². The Kier molecular flexibility index (Phi) is 3.76. The lowest BCUT2D eigenvalue weighted by atomic mass is 10.1. The maximum Gasteiger partial charge on any atom is 0.160 e. The molecule has 0 aromatic heterocycles. The third kappa shape index (κ3) is 2.38. The predicted octanol–water partition coefficient (Wildman–Crippen LogP) is 3.92. The zero-order valence-electron chi connectivity index (χ0n) is 7.20. The van der Waals surface area contributed by atoms with Crippen molar-refractivity contribution in [1.82, 2.24) is 0 Å². The van der Waals surface area contributed by atoms with Crippen LogP contribution in [0.2, 0.25) is 15.1 Å². The molecule has 0 spiro atoms. The predicted molar refractivity (Wildman–Crippen MR) is 55.8 cm³/mol. The summed E-state index contributed by atoms with van der Waals surface area (Å²) in [4.78, 5) is 10.8. The molecule has 0 aliphatic carbocycles. The van der Waals surface area contributed by atoms with E-state index in [1.165, 1.54) is 13.0 Å². The van der Waals surface area contributed by atoms with Crippen molar-refractivity contribution in [2.24, 2.45) is 0 Å². The van der Waals surface area contributed by atoms with Crippen molar-refractivity contribution in [2.75, 3.05) is 0 Å². The Bertz CT molecular complexity index is 390. The minimum atomic E-state index is -0.742. The minimum Gasteiger partial charge on any atom is -0.300 e. The van der Waals surface area contributed by atoms with Crippen molar-refractivity contribution in [3.05, 3.63) is 32.5 Å². The smallest absolute Gasteiger partial charge is 0.160 e. The Hall–Kier alpha value is -0.310. The molecule has 0 aliphatic rings. The van der Waals surface area contributed by atoms with E-state index in [1.54, 1.807) is 0 Å². The van der Waals surface area contributed by atoms with Crippen molar-refractivity contribution in [3.8, 4) is 0 Å². The normalized spacial score (nSPS) is 10.4. The van der Waals surface area contributed by atoms with Crippen LogP contribution in [0.4, 0.5) is 4.39 Å². The molecule has 0 bridgehead atoms. The SMILES string of the molecule is CC(=O)Cc1c(Cl)cc(Cl)c(F)c1Cl. The second kappa shape index (κ2) is 4.47. The number of carbonyl (C=O) groups is 1. The van der Waals surface area contributed by atoms with Gasteiger partial charge in [-0.1, -0.05) is 34.8 Å². The monoisotopic (exact) mass is 254 g/mol. The summed E-state index contributed by atoms with van der Waals surface area (Å²) < 4.78 is 13.2. The molecule has 0 heterocycles. The van der Waals surface area contributed by atoms with Crippen LogP contribution < -0.4 is 0 Å². The fourth-order valence-corrected chi connectivity index (χ4v) is 1.91. The fourth-order valence-electron chi connectivity index (χ4n) is 1.01. The number of benzene rings is 1. The van der Waals surface area contributed by atoms with E-state index in [9.17, 15) is 9.18 Å². The lowest BCUT2D eigenvalue weighted by molar-refractivity contribution is -0.116. The Morgan fingerprint density at radius 3 is 2.43 bits per heavy atom. The molecule has 14 heavy (non-hydrogen) atoms. The number of carbonyl (C=O) groups excluding carboxylic acids is 1. The average Bonchev–Trinajstić information content (AvgIpc) is 2.09. The Balaban J connectivity index is 3.29. The van der Waals surface area contributed by atoms with E-state index in [4.69, 9.17) is 34.8 Å². The standard InChI is InChI=1S/C9H6Cl3FO/c1-4(14)2-5-6(10)3-7(11)9(13)8(5)12/h3H,2H2,1H3. The van der Waals surface area contributed by atoms with E-state index >= 15 is 0 Å². The number of hydrogen-bond acceptors (Lipinski definition) is 1. The Morgan fingerprint density at radius 2 is 1.93 bits per heavy atom. The second-order valence-corrected chi connectivity index (χ2v) is 4.02. The summed E-state index contributed by atoms with van der Waals surface area (Å²) in [6.45, 7) is 1.37. The molecule has 0 saturated carbocycles. The summed E-state index contributed by atoms with van der Waals surface area (Å²) >= 11 is 16.9. The maximum absolute atomic E-state index is 13.2. The molecule has 0 radical (unpaired) electrons. The summed E-state index contributed by atoms with van der Waals surface area (Å²) in [7, 11) is 0. The van der Waals surface area contributed by atoms with Crippen molar-refractivity contribution >= 4 is 40.6 Å². The van der Waals surface area contributed by atoms with Crippen LogP contribution in [0.15, 0.2) is 6.07 Å². The van der Waals surface area contributed by atoms with Gasteiger partial charge in [-0.2, -0.15) is 0 Å². The molecule has 76 valence electrons. The molecule has 1 aromatic rings. The number of rotatable bonds is 2. The molecular formula is C9H6Cl3FO. The van der Waals surface area contributed by atoms with E-state index in [1.807, 2.05) is 0 Å². The van der Waals surface area contributed by atoms with Gasteiger partial charge < -0.3 is 0 Å². The van der Waals surface area contributed by atoms with E-state index in [0.717, 1.165) is 0 Å². The molecule has 0 atom stereocenters. The van der Waals surface area contributed by atoms with Crippen LogP contribution in [0.3, 0.4) is 0 Å². The summed E-state index contributed by atoms with van der Waals surface area (Å²) in [5.41, 5.74) is 0.280. The van der Waals surface area contributed by atoms with Gasteiger partial charge in [0.15, 0.2) is 5.82 Å². The molecule has 0 aliphatic heterocycles. The third-order valence-corrected chi connectivity index (χ3v) is 2.64. The average molecular weight is 256 g/mol. The van der Waals surface area contributed by atoms with Gasteiger partial charge in [-0.25, -0.2) is 4.39 Å². The Morgan fingerprint density at radius 1 is 1.36 bits per heavy atom. The molecule has 0 amide bonds. The van der Waals surface area contributed by atoms with Gasteiger partial charge in [0.1, 0.15) is 5.78 Å². The van der Waals surface area contributed by atoms with Gasteiger partial charge in [0, 0.05) is 11.4 Å². The molecule has 0 fully saturated rings. The fraction of sp³-hybridized carbons (Fsp3) is 0.222. The summed E-state index contributed by atoms with van der Waals surface area (Å²) in [5.74, 6) is -0.885. The van der Waals surface area contributed by atoms with Gasteiger partial charge in [0.25, 0.3) is 0 Å². The summed E-state index contributed by atoms with van der Waals surface area (Å²) in [5, 5.41) is -0.124. The van der Waals surface area contributed by atoms with E-state index in [2.05, 4.69) is 0 Å². The molecule has 1 nitrogen and oxygen atoms in total. The highest BCUT2D eigenvalue weighted by atomic mass is 35.5. The molecule has 0 saturated heterocycles. The van der Waals surface area contributed by atoms with Crippen LogP contribution in [0.5, 0.6) is 0 Å². The first-order valence-electron chi connectivity index (χ1n) is 3.74. The topological polar surface area (TPSA) is 17.1 Å². The van der Waals surface area contributed by atoms with E-state index in [-0.39, 0.29) is 32.8 Å². The van der Waals surface area contributed by atoms with Crippen LogP contribution in [0.25, 0.3) is 0 Å². The molecule has 1 rings (SSSR count). The first kappa shape index (κ1) is 11.8. The molecular weight excluding hydrogens is 249 g/mol. The van der Waals surface area contributed by atoms with E-state index in [0.29, 0.717) is 0 Å². The van der Waals surface area contributed by atoms with Crippen molar-refractivity contribution in [1.29, 1.82) is 0 Å². The highest BCUT2D eigenvalue weighted by Gasteiger charge is 2.15. The lowest BCUT2D eigenvalue weighted by Crippen LogP contribution is -2.00. The van der Waals surface area contributed by atoms with Gasteiger partial charge in [-0.05, 0) is 18.6 Å². The molecule has 0 unspecified atom stereocenters. The summed E-state index contributed by atoms with van der Waals surface area (Å²) in [6, 6.07) is 1.24. The van der Waals surface area contributed by atoms with Crippen molar-refractivity contribution < 1.29 is 9.18 Å². The maximum atomic E-state index is 13.2. The first-order chi connectivity index (χ1) is 6.43. The number of ketones is 1. The van der Waals surface area contributed by atoms with Crippen LogP contribution in [-0.2, 0) is 11.2 Å². The van der Waals surface area contributed by atoms with Gasteiger partial charge in [-0.3, -0.25) is 4.79 Å². The Labute approximate surface area is 95.8 Å². The zero-order chi connectivity index (χ0) is 10.9.